The molecule has 3 nitrogen and oxygen atoms in total. The highest BCUT2D eigenvalue weighted by atomic mass is 16.3. The third kappa shape index (κ3) is 5.75. The zero-order chi connectivity index (χ0) is 46.7. The van der Waals surface area contributed by atoms with E-state index in [4.69, 9.17) is 4.42 Å². The van der Waals surface area contributed by atoms with Gasteiger partial charge in [-0.1, -0.05) is 120 Å². The molecule has 1 atom stereocenters. The van der Waals surface area contributed by atoms with E-state index in [1.54, 1.807) is 16.7 Å². The Bertz CT molecular complexity index is 3000. The lowest BCUT2D eigenvalue weighted by atomic mass is 9.35. The molecule has 2 bridgehead atoms. The minimum Gasteiger partial charge on any atom is -0.468 e. The second-order valence-electron chi connectivity index (χ2n) is 27.2. The van der Waals surface area contributed by atoms with E-state index in [-0.39, 0.29) is 50.2 Å². The standard InChI is InChI=1S/C62H75BN2O/c1-37-30-49-52-50(31-37)65(62(15)21-20-41-46(36-62)59(11,12)25-22-56(41,5)6)48-34-43-42(57(7,8)23-24-58(43,9)10)33-47(48)63(52)54-53(64(49)39-18-16-38(17-19-39)55(2,3)4)40-32-44-45(35-51(40)66-54)61(14)28-26-60(44,13)27-29-61/h16-20,30-36H,21-29H2,1-15H3. The van der Waals surface area contributed by atoms with E-state index in [1.165, 1.54) is 124 Å². The first kappa shape index (κ1) is 42.9. The van der Waals surface area contributed by atoms with E-state index in [9.17, 15) is 0 Å². The quantitative estimate of drug-likeness (QED) is 0.162. The molecule has 2 fully saturated rings. The van der Waals surface area contributed by atoms with E-state index in [1.807, 2.05) is 0 Å². The summed E-state index contributed by atoms with van der Waals surface area (Å²) < 4.78 is 7.69. The number of allylic oxidation sites excluding steroid dienone is 2. The summed E-state index contributed by atoms with van der Waals surface area (Å²) in [7, 11) is 0. The summed E-state index contributed by atoms with van der Waals surface area (Å²) in [6, 6.07) is 25.1. The molecule has 4 heteroatoms. The van der Waals surface area contributed by atoms with Crippen molar-refractivity contribution in [3.05, 3.63) is 117 Å². The summed E-state index contributed by atoms with van der Waals surface area (Å²) in [6.45, 7) is 36.8. The topological polar surface area (TPSA) is 19.6 Å². The average molecular weight is 875 g/mol. The molecule has 0 N–H and O–H groups in total. The predicted molar refractivity (Wildman–Crippen MR) is 282 cm³/mol. The van der Waals surface area contributed by atoms with Crippen LogP contribution in [0.5, 0.6) is 0 Å². The molecule has 1 unspecified atom stereocenters. The van der Waals surface area contributed by atoms with Crippen molar-refractivity contribution in [3.8, 4) is 0 Å². The fraction of sp³-hybridized carbons (Fsp3) is 0.516. The molecule has 342 valence electrons. The van der Waals surface area contributed by atoms with Crippen molar-refractivity contribution in [2.75, 3.05) is 9.80 Å². The molecule has 0 radical (unpaired) electrons. The number of fused-ring (bicyclic) bond motifs is 10. The van der Waals surface area contributed by atoms with Gasteiger partial charge in [-0.25, -0.2) is 0 Å². The molecule has 66 heavy (non-hydrogen) atoms. The highest BCUT2D eigenvalue weighted by molar-refractivity contribution is 7.00. The number of rotatable bonds is 2. The Morgan fingerprint density at radius 3 is 1.76 bits per heavy atom. The first-order chi connectivity index (χ1) is 30.8. The number of nitrogens with zero attached hydrogens (tertiary/aromatic N) is 2. The van der Waals surface area contributed by atoms with Crippen LogP contribution >= 0.6 is 0 Å². The second kappa shape index (κ2) is 13.0. The van der Waals surface area contributed by atoms with Crippen LogP contribution in [0.1, 0.15) is 188 Å². The summed E-state index contributed by atoms with van der Waals surface area (Å²) in [6.07, 6.45) is 16.2. The van der Waals surface area contributed by atoms with Crippen LogP contribution < -0.4 is 26.4 Å². The number of furan rings is 1. The van der Waals surface area contributed by atoms with Crippen molar-refractivity contribution in [2.24, 2.45) is 10.8 Å². The van der Waals surface area contributed by atoms with Gasteiger partial charge in [0.25, 0.3) is 6.71 Å². The molecule has 0 spiro atoms. The number of hydrogen-bond donors (Lipinski definition) is 0. The van der Waals surface area contributed by atoms with Gasteiger partial charge >= 0.3 is 0 Å². The van der Waals surface area contributed by atoms with Crippen LogP contribution in [0.3, 0.4) is 0 Å². The van der Waals surface area contributed by atoms with Crippen molar-refractivity contribution in [3.63, 3.8) is 0 Å². The monoisotopic (exact) mass is 875 g/mol. The summed E-state index contributed by atoms with van der Waals surface area (Å²) in [4.78, 5) is 5.47. The summed E-state index contributed by atoms with van der Waals surface area (Å²) in [5.74, 6) is 0. The van der Waals surface area contributed by atoms with Crippen LogP contribution in [-0.4, -0.2) is 12.3 Å². The van der Waals surface area contributed by atoms with Gasteiger partial charge < -0.3 is 14.2 Å². The third-order valence-electron chi connectivity index (χ3n) is 19.5. The van der Waals surface area contributed by atoms with Gasteiger partial charge in [0.15, 0.2) is 0 Å². The fourth-order valence-corrected chi connectivity index (χ4v) is 14.7. The van der Waals surface area contributed by atoms with Gasteiger partial charge in [0.2, 0.25) is 0 Å². The number of aryl methyl sites for hydroxylation is 1. The van der Waals surface area contributed by atoms with Crippen LogP contribution in [0.4, 0.5) is 28.4 Å². The Kier molecular flexibility index (Phi) is 8.45. The Balaban J connectivity index is 1.19. The molecule has 2 saturated carbocycles. The summed E-state index contributed by atoms with van der Waals surface area (Å²) >= 11 is 0. The molecule has 8 aliphatic rings. The molecule has 0 saturated heterocycles. The Morgan fingerprint density at radius 2 is 1.14 bits per heavy atom. The summed E-state index contributed by atoms with van der Waals surface area (Å²) in [5.41, 5.74) is 23.8. The second-order valence-corrected chi connectivity index (χ2v) is 27.2. The van der Waals surface area contributed by atoms with Gasteiger partial charge in [-0.15, -0.1) is 0 Å². The molecule has 1 aromatic heterocycles. The maximum atomic E-state index is 7.69. The highest BCUT2D eigenvalue weighted by Crippen LogP contribution is 2.60. The molecule has 13 rings (SSSR count). The van der Waals surface area contributed by atoms with Crippen molar-refractivity contribution in [1.29, 1.82) is 0 Å². The molecular weight excluding hydrogens is 800 g/mol. The molecule has 6 aliphatic carbocycles. The maximum Gasteiger partial charge on any atom is 0.297 e. The average Bonchev–Trinajstić information content (AvgIpc) is 3.62. The van der Waals surface area contributed by atoms with E-state index in [2.05, 4.69) is 186 Å². The lowest BCUT2D eigenvalue weighted by Crippen LogP contribution is -2.64. The van der Waals surface area contributed by atoms with Gasteiger partial charge in [0, 0.05) is 28.1 Å². The van der Waals surface area contributed by atoms with Gasteiger partial charge in [0.05, 0.1) is 16.9 Å². The van der Waals surface area contributed by atoms with Crippen LogP contribution in [0.15, 0.2) is 88.4 Å². The Morgan fingerprint density at radius 1 is 0.576 bits per heavy atom. The lowest BCUT2D eigenvalue weighted by Gasteiger charge is -2.54. The number of anilines is 5. The zero-order valence-corrected chi connectivity index (χ0v) is 43.2. The fourth-order valence-electron chi connectivity index (χ4n) is 14.7. The highest BCUT2D eigenvalue weighted by Gasteiger charge is 2.54. The largest absolute Gasteiger partial charge is 0.468 e. The number of benzene rings is 4. The van der Waals surface area contributed by atoms with Crippen molar-refractivity contribution < 1.29 is 4.42 Å². The molecule has 5 aromatic rings. The van der Waals surface area contributed by atoms with E-state index < -0.39 is 0 Å². The van der Waals surface area contributed by atoms with Crippen molar-refractivity contribution in [2.45, 2.75) is 194 Å². The van der Waals surface area contributed by atoms with Gasteiger partial charge in [-0.05, 0) is 207 Å². The molecule has 0 amide bonds. The summed E-state index contributed by atoms with van der Waals surface area (Å²) in [5, 5.41) is 1.27. The van der Waals surface area contributed by atoms with Crippen LogP contribution in [-0.2, 0) is 27.1 Å². The minimum atomic E-state index is -0.302. The van der Waals surface area contributed by atoms with Gasteiger partial charge in [-0.2, -0.15) is 0 Å². The SMILES string of the molecule is Cc1cc2c3c(c1)N(C1(C)C=C4C(=CC1)C(C)(C)CCC4(C)C)c1cc4c(cc1B3c1oc3cc5c(cc3c1N2c1ccc(C(C)(C)C)cc1)C1(C)CCC5(C)CC1)C(C)(C)CCC4(C)C. The number of hydrogen-bond acceptors (Lipinski definition) is 3. The molecule has 3 heterocycles. The predicted octanol–water partition coefficient (Wildman–Crippen LogP) is 15.1. The Labute approximate surface area is 397 Å². The first-order valence-corrected chi connectivity index (χ1v) is 25.9. The zero-order valence-electron chi connectivity index (χ0n) is 43.2. The molecule has 2 aliphatic heterocycles. The van der Waals surface area contributed by atoms with Crippen molar-refractivity contribution >= 4 is 62.7 Å². The van der Waals surface area contributed by atoms with Crippen molar-refractivity contribution in [1.82, 2.24) is 0 Å². The lowest BCUT2D eigenvalue weighted by molar-refractivity contribution is 0.188. The van der Waals surface area contributed by atoms with E-state index >= 15 is 0 Å². The smallest absolute Gasteiger partial charge is 0.297 e. The van der Waals surface area contributed by atoms with Gasteiger partial charge in [-0.3, -0.25) is 0 Å². The van der Waals surface area contributed by atoms with E-state index in [0.29, 0.717) is 0 Å². The Hall–Kier alpha value is -4.44. The molecule has 4 aromatic carbocycles. The van der Waals surface area contributed by atoms with Crippen LogP contribution in [0, 0.1) is 17.8 Å². The molecular formula is C62H75BN2O. The normalized spacial score (nSPS) is 28.1. The maximum absolute atomic E-state index is 7.69. The first-order valence-electron chi connectivity index (χ1n) is 25.9. The van der Waals surface area contributed by atoms with Crippen LogP contribution in [0.25, 0.3) is 11.0 Å². The van der Waals surface area contributed by atoms with E-state index in [0.717, 1.165) is 17.7 Å². The minimum absolute atomic E-state index is 0.0531. The van der Waals surface area contributed by atoms with Crippen LogP contribution in [0.2, 0.25) is 0 Å². The van der Waals surface area contributed by atoms with Gasteiger partial charge in [0.1, 0.15) is 5.58 Å². The third-order valence-corrected chi connectivity index (χ3v) is 19.5.